The van der Waals surface area contributed by atoms with Crippen molar-refractivity contribution in [1.29, 1.82) is 0 Å². The van der Waals surface area contributed by atoms with Gasteiger partial charge in [0.2, 0.25) is 32.5 Å². The second kappa shape index (κ2) is 8.47. The maximum Gasteiger partial charge on any atom is 0.236 e. The van der Waals surface area contributed by atoms with Crippen LogP contribution in [0.5, 0.6) is 0 Å². The van der Waals surface area contributed by atoms with Crippen molar-refractivity contribution in [1.82, 2.24) is 4.98 Å². The van der Waals surface area contributed by atoms with Gasteiger partial charge >= 0.3 is 0 Å². The average molecular weight is 504 g/mol. The molecule has 1 aliphatic rings. The van der Waals surface area contributed by atoms with E-state index in [9.17, 15) is 13.2 Å². The molecule has 3 aromatic rings. The predicted octanol–water partition coefficient (Wildman–Crippen LogP) is 3.95. The molecule has 0 unspecified atom stereocenters. The van der Waals surface area contributed by atoms with Crippen LogP contribution in [0.2, 0.25) is 0 Å². The fourth-order valence-corrected chi connectivity index (χ4v) is 5.28. The molecule has 0 aliphatic carbocycles. The molecule has 2 aromatic carbocycles. The van der Waals surface area contributed by atoms with Crippen LogP contribution in [0.4, 0.5) is 5.88 Å². The summed E-state index contributed by atoms with van der Waals surface area (Å²) in [5.41, 5.74) is 7.10. The number of hydrogen-bond acceptors (Lipinski definition) is 6. The Morgan fingerprint density at radius 1 is 1.13 bits per heavy atom. The summed E-state index contributed by atoms with van der Waals surface area (Å²) in [6.45, 7) is 2.83. The number of carbonyl (C=O) groups is 1. The first-order chi connectivity index (χ1) is 14.8. The van der Waals surface area contributed by atoms with Crippen LogP contribution in [0.15, 0.2) is 67.3 Å². The quantitative estimate of drug-likeness (QED) is 0.564. The van der Waals surface area contributed by atoms with Crippen molar-refractivity contribution in [2.45, 2.75) is 29.7 Å². The lowest BCUT2D eigenvalue weighted by molar-refractivity contribution is -0.122. The monoisotopic (exact) mass is 503 g/mol. The molecule has 1 fully saturated rings. The highest BCUT2D eigenvalue weighted by molar-refractivity contribution is 9.10. The fourth-order valence-electron chi connectivity index (χ4n) is 3.69. The van der Waals surface area contributed by atoms with Crippen molar-refractivity contribution in [3.8, 4) is 11.5 Å². The third-order valence-electron chi connectivity index (χ3n) is 5.52. The van der Waals surface area contributed by atoms with Gasteiger partial charge in [0.05, 0.1) is 4.90 Å². The van der Waals surface area contributed by atoms with Gasteiger partial charge in [-0.1, -0.05) is 34.1 Å². The number of aryl methyl sites for hydroxylation is 1. The summed E-state index contributed by atoms with van der Waals surface area (Å²) in [5, 5.41) is -0.120. The number of primary amides is 1. The van der Waals surface area contributed by atoms with Crippen LogP contribution in [0.25, 0.3) is 11.5 Å². The normalized spacial score (nSPS) is 15.2. The Morgan fingerprint density at radius 3 is 2.39 bits per heavy atom. The molecule has 0 bridgehead atoms. The number of nitrogens with two attached hydrogens (primary N) is 1. The first kappa shape index (κ1) is 21.6. The maximum atomic E-state index is 13.5. The molecular weight excluding hydrogens is 482 g/mol. The smallest absolute Gasteiger partial charge is 0.236 e. The largest absolute Gasteiger partial charge is 0.419 e. The highest BCUT2D eigenvalue weighted by Crippen LogP contribution is 2.37. The Kier molecular flexibility index (Phi) is 5.90. The topological polar surface area (TPSA) is 107 Å². The zero-order valence-electron chi connectivity index (χ0n) is 16.9. The number of hydrogen-bond donors (Lipinski definition) is 1. The van der Waals surface area contributed by atoms with Crippen molar-refractivity contribution in [3.63, 3.8) is 0 Å². The zero-order chi connectivity index (χ0) is 22.2. The summed E-state index contributed by atoms with van der Waals surface area (Å²) in [6.07, 6.45) is 1.07. The van der Waals surface area contributed by atoms with Gasteiger partial charge in [-0.2, -0.15) is 4.98 Å². The Balaban J connectivity index is 1.80. The van der Waals surface area contributed by atoms with Gasteiger partial charge in [-0.3, -0.25) is 4.79 Å². The van der Waals surface area contributed by atoms with E-state index in [1.165, 1.54) is 12.1 Å². The first-order valence-electron chi connectivity index (χ1n) is 9.89. The molecule has 1 aromatic heterocycles. The molecule has 4 rings (SSSR count). The molecule has 9 heteroatoms. The van der Waals surface area contributed by atoms with Crippen LogP contribution < -0.4 is 10.6 Å². The fraction of sp³-hybridized carbons (Fsp3) is 0.273. The van der Waals surface area contributed by atoms with Gasteiger partial charge in [0.15, 0.2) is 0 Å². The van der Waals surface area contributed by atoms with E-state index in [-0.39, 0.29) is 33.5 Å². The first-order valence-corrected chi connectivity index (χ1v) is 12.2. The van der Waals surface area contributed by atoms with Crippen molar-refractivity contribution in [3.05, 3.63) is 58.6 Å². The average Bonchev–Trinajstić information content (AvgIpc) is 3.20. The number of sulfone groups is 1. The van der Waals surface area contributed by atoms with Gasteiger partial charge in [0.25, 0.3) is 0 Å². The van der Waals surface area contributed by atoms with Gasteiger partial charge in [0, 0.05) is 29.0 Å². The second-order valence-corrected chi connectivity index (χ2v) is 10.3. The Hall–Kier alpha value is -2.65. The minimum Gasteiger partial charge on any atom is -0.419 e. The molecule has 31 heavy (non-hydrogen) atoms. The maximum absolute atomic E-state index is 13.5. The lowest BCUT2D eigenvalue weighted by Gasteiger charge is -2.30. The SMILES string of the molecule is Cc1ccccc1-c1nc(S(=O)(=O)c2ccc(Br)cc2)c(N2CCC(C(N)=O)CC2)o1. The van der Waals surface area contributed by atoms with Crippen LogP contribution in [-0.2, 0) is 14.6 Å². The summed E-state index contributed by atoms with van der Waals surface area (Å²) in [6, 6.07) is 13.9. The van der Waals surface area contributed by atoms with E-state index in [1.54, 1.807) is 12.1 Å². The standard InChI is InChI=1S/C22H22BrN3O4S/c1-14-4-2-3-5-18(14)20-25-21(31(28,29)17-8-6-16(23)7-9-17)22(30-20)26-12-10-15(11-13-26)19(24)27/h2-9,15H,10-13H2,1H3,(H2,24,27). The number of aromatic nitrogens is 1. The van der Waals surface area contributed by atoms with Gasteiger partial charge in [-0.25, -0.2) is 8.42 Å². The number of nitrogens with zero attached hydrogens (tertiary/aromatic N) is 2. The molecule has 1 aliphatic heterocycles. The number of rotatable bonds is 5. The predicted molar refractivity (Wildman–Crippen MR) is 120 cm³/mol. The lowest BCUT2D eigenvalue weighted by Crippen LogP contribution is -2.38. The van der Waals surface area contributed by atoms with Gasteiger partial charge in [-0.05, 0) is 55.7 Å². The summed E-state index contributed by atoms with van der Waals surface area (Å²) in [4.78, 5) is 17.9. The molecule has 1 amide bonds. The van der Waals surface area contributed by atoms with Gasteiger partial charge < -0.3 is 15.1 Å². The van der Waals surface area contributed by atoms with Crippen LogP contribution in [0, 0.1) is 12.8 Å². The Labute approximate surface area is 189 Å². The Bertz CT molecular complexity index is 1210. The van der Waals surface area contributed by atoms with E-state index < -0.39 is 9.84 Å². The number of halogens is 1. The Morgan fingerprint density at radius 2 is 1.77 bits per heavy atom. The number of oxazole rings is 1. The number of anilines is 1. The van der Waals surface area contributed by atoms with Crippen molar-refractivity contribution >= 4 is 37.6 Å². The zero-order valence-corrected chi connectivity index (χ0v) is 19.3. The van der Waals surface area contributed by atoms with Gasteiger partial charge in [0.1, 0.15) is 0 Å². The molecule has 7 nitrogen and oxygen atoms in total. The molecular formula is C22H22BrN3O4S. The summed E-state index contributed by atoms with van der Waals surface area (Å²) < 4.78 is 33.8. The second-order valence-electron chi connectivity index (χ2n) is 7.57. The van der Waals surface area contributed by atoms with E-state index >= 15 is 0 Å². The van der Waals surface area contributed by atoms with E-state index in [1.807, 2.05) is 36.1 Å². The number of benzene rings is 2. The van der Waals surface area contributed by atoms with Crippen molar-refractivity contribution in [2.24, 2.45) is 11.7 Å². The van der Waals surface area contributed by atoms with Crippen LogP contribution in [-0.4, -0.2) is 32.4 Å². The van der Waals surface area contributed by atoms with E-state index in [4.69, 9.17) is 10.2 Å². The summed E-state index contributed by atoms with van der Waals surface area (Å²) in [7, 11) is -3.92. The van der Waals surface area contributed by atoms with E-state index in [0.29, 0.717) is 25.9 Å². The summed E-state index contributed by atoms with van der Waals surface area (Å²) in [5.74, 6) is -0.105. The van der Waals surface area contributed by atoms with Crippen LogP contribution in [0.3, 0.4) is 0 Å². The van der Waals surface area contributed by atoms with Gasteiger partial charge in [-0.15, -0.1) is 0 Å². The minimum absolute atomic E-state index is 0.120. The van der Waals surface area contributed by atoms with Crippen molar-refractivity contribution in [2.75, 3.05) is 18.0 Å². The minimum atomic E-state index is -3.92. The highest BCUT2D eigenvalue weighted by Gasteiger charge is 2.34. The third-order valence-corrected chi connectivity index (χ3v) is 7.71. The molecule has 1 saturated heterocycles. The third kappa shape index (κ3) is 4.24. The molecule has 0 radical (unpaired) electrons. The van der Waals surface area contributed by atoms with Crippen LogP contribution in [0.1, 0.15) is 18.4 Å². The lowest BCUT2D eigenvalue weighted by atomic mass is 9.96. The van der Waals surface area contributed by atoms with E-state index in [0.717, 1.165) is 15.6 Å². The molecule has 162 valence electrons. The molecule has 2 heterocycles. The number of carbonyl (C=O) groups excluding carboxylic acids is 1. The number of piperidine rings is 1. The highest BCUT2D eigenvalue weighted by atomic mass is 79.9. The number of amides is 1. The van der Waals surface area contributed by atoms with E-state index in [2.05, 4.69) is 20.9 Å². The molecule has 0 atom stereocenters. The molecule has 2 N–H and O–H groups in total. The molecule has 0 spiro atoms. The van der Waals surface area contributed by atoms with Crippen LogP contribution >= 0.6 is 15.9 Å². The van der Waals surface area contributed by atoms with Crippen molar-refractivity contribution < 1.29 is 17.6 Å². The molecule has 0 saturated carbocycles. The summed E-state index contributed by atoms with van der Waals surface area (Å²) >= 11 is 3.33.